The molecule has 3 aliphatic rings. The standard InChI is InChI=1S/C22H24N6O4/c1-12-10-27(11-24-22(31)32-2)21(30)19-8-17(26-28(12)19)15-6-5-14(18-9-23-18)7-16(15)25-20(29)13-3-4-13/h5-9,12-13,18H,3-4,10-11H2,1-2H3,(H,24,31)(H,25,29)/t12-,18?/m0/s1. The first-order chi connectivity index (χ1) is 15.4. The van der Waals surface area contributed by atoms with E-state index in [1.54, 1.807) is 15.6 Å². The van der Waals surface area contributed by atoms with Crippen molar-refractivity contribution >= 4 is 29.8 Å². The molecule has 1 aromatic heterocycles. The summed E-state index contributed by atoms with van der Waals surface area (Å²) < 4.78 is 6.29. The van der Waals surface area contributed by atoms with Crippen LogP contribution in [0.3, 0.4) is 0 Å². The molecule has 1 saturated carbocycles. The number of nitrogens with one attached hydrogen (secondary N) is 2. The lowest BCUT2D eigenvalue weighted by Crippen LogP contribution is -2.47. The van der Waals surface area contributed by atoms with E-state index in [2.05, 4.69) is 20.4 Å². The fourth-order valence-electron chi connectivity index (χ4n) is 3.90. The summed E-state index contributed by atoms with van der Waals surface area (Å²) in [6.07, 6.45) is 3.08. The molecule has 166 valence electrons. The van der Waals surface area contributed by atoms with Gasteiger partial charge in [0.2, 0.25) is 5.91 Å². The number of ether oxygens (including phenoxy) is 1. The van der Waals surface area contributed by atoms with Gasteiger partial charge in [-0.05, 0) is 37.5 Å². The Bertz CT molecular complexity index is 1130. The van der Waals surface area contributed by atoms with E-state index < -0.39 is 6.09 Å². The molecule has 10 nitrogen and oxygen atoms in total. The van der Waals surface area contributed by atoms with Gasteiger partial charge in [0.1, 0.15) is 11.7 Å². The van der Waals surface area contributed by atoms with E-state index in [0.717, 1.165) is 24.0 Å². The SMILES string of the molecule is COC(=O)NCN1C[C@H](C)n2nc(-c3ccc(C4C=N4)cc3NC(=O)C3CC3)cc2C1=O. The van der Waals surface area contributed by atoms with Crippen LogP contribution in [-0.2, 0) is 9.53 Å². The van der Waals surface area contributed by atoms with Gasteiger partial charge < -0.3 is 20.3 Å². The highest BCUT2D eigenvalue weighted by molar-refractivity contribution is 5.99. The highest BCUT2D eigenvalue weighted by atomic mass is 16.5. The Balaban J connectivity index is 1.45. The molecular formula is C22H24N6O4. The average Bonchev–Trinajstić information content (AvgIpc) is 3.71. The molecule has 3 amide bonds. The summed E-state index contributed by atoms with van der Waals surface area (Å²) in [4.78, 5) is 42.6. The second-order valence-electron chi connectivity index (χ2n) is 8.37. The largest absolute Gasteiger partial charge is 0.453 e. The zero-order chi connectivity index (χ0) is 22.4. The Labute approximate surface area is 184 Å². The summed E-state index contributed by atoms with van der Waals surface area (Å²) in [5.41, 5.74) is 3.48. The van der Waals surface area contributed by atoms with Crippen LogP contribution in [0.1, 0.15) is 47.9 Å². The van der Waals surface area contributed by atoms with Crippen LogP contribution in [0.2, 0.25) is 0 Å². The molecule has 1 aliphatic carbocycles. The highest BCUT2D eigenvalue weighted by Crippen LogP contribution is 2.37. The molecule has 5 rings (SSSR count). The number of fused-ring (bicyclic) bond motifs is 1. The number of carbonyl (C=O) groups excluding carboxylic acids is 3. The van der Waals surface area contributed by atoms with Crippen molar-refractivity contribution in [2.75, 3.05) is 25.6 Å². The van der Waals surface area contributed by atoms with Gasteiger partial charge in [-0.25, -0.2) is 4.79 Å². The minimum atomic E-state index is -0.596. The lowest BCUT2D eigenvalue weighted by molar-refractivity contribution is -0.117. The number of amides is 3. The smallest absolute Gasteiger partial charge is 0.408 e. The molecule has 0 bridgehead atoms. The second kappa shape index (κ2) is 7.77. The fourth-order valence-corrected chi connectivity index (χ4v) is 3.90. The predicted octanol–water partition coefficient (Wildman–Crippen LogP) is 2.35. The molecule has 1 unspecified atom stereocenters. The van der Waals surface area contributed by atoms with Crippen molar-refractivity contribution in [3.05, 3.63) is 35.5 Å². The zero-order valence-corrected chi connectivity index (χ0v) is 17.9. The number of aliphatic imine (C=N–C) groups is 1. The Morgan fingerprint density at radius 2 is 2.03 bits per heavy atom. The van der Waals surface area contributed by atoms with Crippen molar-refractivity contribution in [2.45, 2.75) is 31.8 Å². The Morgan fingerprint density at radius 1 is 1.25 bits per heavy atom. The topological polar surface area (TPSA) is 118 Å². The van der Waals surface area contributed by atoms with E-state index in [4.69, 9.17) is 5.10 Å². The summed E-state index contributed by atoms with van der Waals surface area (Å²) in [6, 6.07) is 7.53. The molecular weight excluding hydrogens is 412 g/mol. The Kier molecular flexibility index (Phi) is 4.91. The quantitative estimate of drug-likeness (QED) is 0.721. The number of alkyl carbamates (subject to hydrolysis) is 1. The van der Waals surface area contributed by atoms with Gasteiger partial charge >= 0.3 is 6.09 Å². The van der Waals surface area contributed by atoms with Crippen molar-refractivity contribution in [1.29, 1.82) is 0 Å². The lowest BCUT2D eigenvalue weighted by Gasteiger charge is -2.31. The number of rotatable bonds is 6. The molecule has 2 aromatic rings. The fraction of sp³-hybridized carbons (Fsp3) is 0.409. The first kappa shape index (κ1) is 20.2. The minimum Gasteiger partial charge on any atom is -0.453 e. The second-order valence-corrected chi connectivity index (χ2v) is 8.37. The number of hydrogen-bond acceptors (Lipinski definition) is 6. The van der Waals surface area contributed by atoms with Crippen molar-refractivity contribution < 1.29 is 19.1 Å². The van der Waals surface area contributed by atoms with E-state index in [-0.39, 0.29) is 36.5 Å². The predicted molar refractivity (Wildman–Crippen MR) is 116 cm³/mol. The minimum absolute atomic E-state index is 0.00796. The maximum atomic E-state index is 13.0. The monoisotopic (exact) mass is 436 g/mol. The third-order valence-electron chi connectivity index (χ3n) is 5.91. The van der Waals surface area contributed by atoms with Gasteiger partial charge in [-0.3, -0.25) is 19.3 Å². The molecule has 1 fully saturated rings. The molecule has 2 N–H and O–H groups in total. The summed E-state index contributed by atoms with van der Waals surface area (Å²) in [5.74, 6) is -0.158. The van der Waals surface area contributed by atoms with E-state index in [9.17, 15) is 14.4 Å². The first-order valence-electron chi connectivity index (χ1n) is 10.6. The first-order valence-corrected chi connectivity index (χ1v) is 10.6. The van der Waals surface area contributed by atoms with Crippen LogP contribution < -0.4 is 10.6 Å². The molecule has 3 heterocycles. The van der Waals surface area contributed by atoms with Crippen LogP contribution in [0.25, 0.3) is 11.3 Å². The molecule has 2 atom stereocenters. The van der Waals surface area contributed by atoms with Gasteiger partial charge in [-0.2, -0.15) is 5.10 Å². The molecule has 0 radical (unpaired) electrons. The summed E-state index contributed by atoms with van der Waals surface area (Å²) >= 11 is 0. The third kappa shape index (κ3) is 3.83. The molecule has 10 heteroatoms. The van der Waals surface area contributed by atoms with Crippen LogP contribution in [0.4, 0.5) is 10.5 Å². The van der Waals surface area contributed by atoms with Crippen molar-refractivity contribution in [3.8, 4) is 11.3 Å². The average molecular weight is 436 g/mol. The number of nitrogens with zero attached hydrogens (tertiary/aromatic N) is 4. The maximum absolute atomic E-state index is 13.0. The third-order valence-corrected chi connectivity index (χ3v) is 5.91. The number of methoxy groups -OCH3 is 1. The van der Waals surface area contributed by atoms with E-state index in [0.29, 0.717) is 23.6 Å². The molecule has 0 saturated heterocycles. The number of carbonyl (C=O) groups is 3. The van der Waals surface area contributed by atoms with E-state index in [1.165, 1.54) is 7.11 Å². The molecule has 0 spiro atoms. The van der Waals surface area contributed by atoms with Crippen molar-refractivity contribution in [1.82, 2.24) is 20.0 Å². The van der Waals surface area contributed by atoms with Crippen LogP contribution in [0, 0.1) is 5.92 Å². The van der Waals surface area contributed by atoms with E-state index >= 15 is 0 Å². The molecule has 2 aliphatic heterocycles. The summed E-state index contributed by atoms with van der Waals surface area (Å²) in [7, 11) is 1.28. The van der Waals surface area contributed by atoms with Gasteiger partial charge in [-0.15, -0.1) is 0 Å². The van der Waals surface area contributed by atoms with Gasteiger partial charge in [0.25, 0.3) is 5.91 Å². The number of hydrogen-bond donors (Lipinski definition) is 2. The molecule has 1 aromatic carbocycles. The van der Waals surface area contributed by atoms with Crippen molar-refractivity contribution in [3.63, 3.8) is 0 Å². The highest BCUT2D eigenvalue weighted by Gasteiger charge is 2.33. The Morgan fingerprint density at radius 3 is 2.72 bits per heavy atom. The number of aromatic nitrogens is 2. The Hall–Kier alpha value is -3.69. The van der Waals surface area contributed by atoms with E-state index in [1.807, 2.05) is 31.3 Å². The normalized spacial score (nSPS) is 21.2. The van der Waals surface area contributed by atoms with Crippen molar-refractivity contribution in [2.24, 2.45) is 10.9 Å². The van der Waals surface area contributed by atoms with Gasteiger partial charge in [-0.1, -0.05) is 12.1 Å². The lowest BCUT2D eigenvalue weighted by atomic mass is 10.0. The number of anilines is 1. The van der Waals surface area contributed by atoms with Crippen LogP contribution >= 0.6 is 0 Å². The van der Waals surface area contributed by atoms with Crippen LogP contribution in [0.15, 0.2) is 29.3 Å². The summed E-state index contributed by atoms with van der Waals surface area (Å²) in [6.45, 7) is 2.41. The van der Waals surface area contributed by atoms with Gasteiger partial charge in [0.15, 0.2) is 0 Å². The van der Waals surface area contributed by atoms with Gasteiger partial charge in [0.05, 0.1) is 31.2 Å². The van der Waals surface area contributed by atoms with Crippen LogP contribution in [-0.4, -0.2) is 59.1 Å². The number of benzene rings is 1. The maximum Gasteiger partial charge on any atom is 0.408 e. The van der Waals surface area contributed by atoms with Crippen LogP contribution in [0.5, 0.6) is 0 Å². The summed E-state index contributed by atoms with van der Waals surface area (Å²) in [5, 5.41) is 10.3. The molecule has 32 heavy (non-hydrogen) atoms. The zero-order valence-electron chi connectivity index (χ0n) is 17.9. The van der Waals surface area contributed by atoms with Gasteiger partial charge in [0, 0.05) is 24.2 Å².